The van der Waals surface area contributed by atoms with Crippen LogP contribution in [-0.2, 0) is 0 Å². The predicted octanol–water partition coefficient (Wildman–Crippen LogP) is 1.30. The Bertz CT molecular complexity index is 165. The van der Waals surface area contributed by atoms with E-state index in [0.29, 0.717) is 0 Å². The fourth-order valence-electron chi connectivity index (χ4n) is 0.839. The Morgan fingerprint density at radius 1 is 1.50 bits per heavy atom. The van der Waals surface area contributed by atoms with Crippen molar-refractivity contribution in [3.8, 4) is 0 Å². The molecule has 58 valence electrons. The van der Waals surface area contributed by atoms with Crippen molar-refractivity contribution in [3.05, 3.63) is 12.3 Å². The van der Waals surface area contributed by atoms with Gasteiger partial charge in [-0.25, -0.2) is 0 Å². The van der Waals surface area contributed by atoms with Gasteiger partial charge in [0, 0.05) is 26.0 Å². The van der Waals surface area contributed by atoms with E-state index < -0.39 is 0 Å². The summed E-state index contributed by atoms with van der Waals surface area (Å²) in [5.41, 5.74) is 0. The van der Waals surface area contributed by atoms with Crippen LogP contribution in [0.1, 0.15) is 6.42 Å². The number of hydrazine groups is 1. The van der Waals surface area contributed by atoms with Gasteiger partial charge in [-0.2, -0.15) is 4.41 Å². The zero-order valence-corrected chi connectivity index (χ0v) is 7.40. The molecule has 0 aromatic carbocycles. The van der Waals surface area contributed by atoms with Gasteiger partial charge in [0.15, 0.2) is 0 Å². The summed E-state index contributed by atoms with van der Waals surface area (Å²) in [5, 5.41) is 2.09. The first-order valence-corrected chi connectivity index (χ1v) is 4.87. The van der Waals surface area contributed by atoms with Crippen LogP contribution >= 0.6 is 10.7 Å². The lowest BCUT2D eigenvalue weighted by atomic mass is 10.5. The number of nitrogens with zero attached hydrogens (tertiary/aromatic N) is 2. The smallest absolute Gasteiger partial charge is 0.0236 e. The molecule has 0 aromatic heterocycles. The molecule has 0 spiro atoms. The first-order chi connectivity index (χ1) is 4.72. The molecule has 10 heavy (non-hydrogen) atoms. The molecule has 1 atom stereocenters. The highest BCUT2D eigenvalue weighted by molar-refractivity contribution is 8.11. The first kappa shape index (κ1) is 7.82. The van der Waals surface area contributed by atoms with Gasteiger partial charge in [0.1, 0.15) is 0 Å². The lowest BCUT2D eigenvalue weighted by molar-refractivity contribution is 0.211. The van der Waals surface area contributed by atoms with Gasteiger partial charge in [-0.15, -0.1) is 10.7 Å². The summed E-state index contributed by atoms with van der Waals surface area (Å²) in [4.78, 5) is 0. The Morgan fingerprint density at radius 3 is 2.90 bits per heavy atom. The minimum atomic E-state index is 0.164. The number of hydrogen-bond acceptors (Lipinski definition) is 2. The second-order valence-electron chi connectivity index (χ2n) is 2.38. The zero-order chi connectivity index (χ0) is 7.56. The van der Waals surface area contributed by atoms with E-state index in [1.165, 1.54) is 5.75 Å². The highest BCUT2D eigenvalue weighted by Gasteiger charge is 2.06. The molecule has 2 nitrogen and oxygen atoms in total. The van der Waals surface area contributed by atoms with Gasteiger partial charge in [0.25, 0.3) is 0 Å². The predicted molar refractivity (Wildman–Crippen MR) is 48.9 cm³/mol. The average molecular weight is 158 g/mol. The number of hydrogen-bond donors (Lipinski definition) is 0. The Morgan fingerprint density at radius 2 is 2.20 bits per heavy atom. The Hall–Kier alpha value is -0.280. The highest BCUT2D eigenvalue weighted by Crippen LogP contribution is 2.20. The van der Waals surface area contributed by atoms with E-state index in [0.717, 1.165) is 6.42 Å². The molecule has 1 rings (SSSR count). The summed E-state index contributed by atoms with van der Waals surface area (Å²) in [6, 6.07) is 0. The van der Waals surface area contributed by atoms with Crippen molar-refractivity contribution >= 4 is 16.5 Å². The van der Waals surface area contributed by atoms with Crippen LogP contribution in [0.4, 0.5) is 0 Å². The maximum atomic E-state index is 4.06. The van der Waals surface area contributed by atoms with Gasteiger partial charge in [0.05, 0.1) is 0 Å². The molecule has 0 bridgehead atoms. The minimum absolute atomic E-state index is 0.164. The standard InChI is InChI=1S/C7H14N2S/c1-8-6-4-5-7-10(3)9(8)2/h4,6H,3,5,7H2,1-2H3. The van der Waals surface area contributed by atoms with E-state index in [9.17, 15) is 0 Å². The Kier molecular flexibility index (Phi) is 2.51. The molecule has 0 aromatic rings. The van der Waals surface area contributed by atoms with Crippen molar-refractivity contribution in [1.82, 2.24) is 9.42 Å². The van der Waals surface area contributed by atoms with E-state index in [-0.39, 0.29) is 10.7 Å². The van der Waals surface area contributed by atoms with Gasteiger partial charge in [0.2, 0.25) is 0 Å². The molecule has 1 unspecified atom stereocenters. The van der Waals surface area contributed by atoms with Crippen molar-refractivity contribution in [2.45, 2.75) is 6.42 Å². The molecule has 0 saturated heterocycles. The average Bonchev–Trinajstić information content (AvgIpc) is 2.04. The van der Waals surface area contributed by atoms with Gasteiger partial charge < -0.3 is 5.01 Å². The molecule has 0 fully saturated rings. The van der Waals surface area contributed by atoms with Crippen LogP contribution in [0.25, 0.3) is 0 Å². The van der Waals surface area contributed by atoms with Crippen molar-refractivity contribution in [1.29, 1.82) is 0 Å². The Labute approximate surface area is 65.2 Å². The maximum absolute atomic E-state index is 4.06. The van der Waals surface area contributed by atoms with Crippen LogP contribution in [0.5, 0.6) is 0 Å². The quantitative estimate of drug-likeness (QED) is 0.490. The fourth-order valence-corrected chi connectivity index (χ4v) is 1.93. The first-order valence-electron chi connectivity index (χ1n) is 3.35. The molecular weight excluding hydrogens is 144 g/mol. The lowest BCUT2D eigenvalue weighted by Gasteiger charge is -2.27. The largest absolute Gasteiger partial charge is 0.308 e. The minimum Gasteiger partial charge on any atom is -0.308 e. The van der Waals surface area contributed by atoms with Crippen LogP contribution in [0, 0.1) is 0 Å². The third kappa shape index (κ3) is 1.61. The normalized spacial score (nSPS) is 28.6. The Balaban J connectivity index is 2.66. The molecular formula is C7H14N2S. The topological polar surface area (TPSA) is 6.48 Å². The summed E-state index contributed by atoms with van der Waals surface area (Å²) < 4.78 is 2.17. The van der Waals surface area contributed by atoms with E-state index >= 15 is 0 Å². The van der Waals surface area contributed by atoms with Crippen LogP contribution in [-0.4, -0.2) is 35.1 Å². The van der Waals surface area contributed by atoms with E-state index in [2.05, 4.69) is 34.6 Å². The van der Waals surface area contributed by atoms with E-state index in [1.807, 2.05) is 7.05 Å². The van der Waals surface area contributed by atoms with Gasteiger partial charge in [-0.05, 0) is 6.42 Å². The fraction of sp³-hybridized carbons (Fsp3) is 0.571. The third-order valence-corrected chi connectivity index (χ3v) is 3.37. The molecule has 0 saturated carbocycles. The molecule has 0 N–H and O–H groups in total. The van der Waals surface area contributed by atoms with Crippen LogP contribution in [0.15, 0.2) is 12.3 Å². The highest BCUT2D eigenvalue weighted by atomic mass is 32.2. The third-order valence-electron chi connectivity index (χ3n) is 1.66. The summed E-state index contributed by atoms with van der Waals surface area (Å²) in [6.45, 7) is 0. The van der Waals surface area contributed by atoms with Gasteiger partial charge in [-0.1, -0.05) is 11.9 Å². The second-order valence-corrected chi connectivity index (χ2v) is 4.24. The SMILES string of the molecule is C=S1CCC=CN(C)N1C. The van der Waals surface area contributed by atoms with E-state index in [1.54, 1.807) is 0 Å². The summed E-state index contributed by atoms with van der Waals surface area (Å²) in [5.74, 6) is 5.24. The van der Waals surface area contributed by atoms with Gasteiger partial charge in [-0.3, -0.25) is 0 Å². The van der Waals surface area contributed by atoms with Crippen molar-refractivity contribution in [2.75, 3.05) is 19.8 Å². The van der Waals surface area contributed by atoms with Crippen LogP contribution in [0.3, 0.4) is 0 Å². The van der Waals surface area contributed by atoms with E-state index in [4.69, 9.17) is 0 Å². The summed E-state index contributed by atoms with van der Waals surface area (Å²) in [7, 11) is 4.29. The number of allylic oxidation sites excluding steroid dienone is 1. The number of rotatable bonds is 0. The molecule has 0 radical (unpaired) electrons. The molecule has 1 aliphatic rings. The molecule has 3 heteroatoms. The van der Waals surface area contributed by atoms with Crippen LogP contribution < -0.4 is 0 Å². The molecule has 1 aliphatic heterocycles. The lowest BCUT2D eigenvalue weighted by Crippen LogP contribution is -2.26. The molecule has 1 heterocycles. The zero-order valence-electron chi connectivity index (χ0n) is 6.58. The molecule has 0 amide bonds. The van der Waals surface area contributed by atoms with Crippen LogP contribution in [0.2, 0.25) is 0 Å². The van der Waals surface area contributed by atoms with Crippen molar-refractivity contribution in [3.63, 3.8) is 0 Å². The summed E-state index contributed by atoms with van der Waals surface area (Å²) in [6.07, 6.45) is 5.44. The second kappa shape index (κ2) is 3.21. The maximum Gasteiger partial charge on any atom is 0.0236 e. The molecule has 0 aliphatic carbocycles. The monoisotopic (exact) mass is 158 g/mol. The summed E-state index contributed by atoms with van der Waals surface area (Å²) >= 11 is 0. The van der Waals surface area contributed by atoms with Gasteiger partial charge >= 0.3 is 0 Å². The van der Waals surface area contributed by atoms with Crippen molar-refractivity contribution in [2.24, 2.45) is 0 Å². The van der Waals surface area contributed by atoms with Crippen molar-refractivity contribution < 1.29 is 0 Å².